The number of allylic oxidation sites excluding steroid dienone is 1. The summed E-state index contributed by atoms with van der Waals surface area (Å²) in [4.78, 5) is 46.8. The quantitative estimate of drug-likeness (QED) is 0.698. The van der Waals surface area contributed by atoms with Crippen molar-refractivity contribution in [1.82, 2.24) is 14.7 Å². The molecule has 26 heavy (non-hydrogen) atoms. The van der Waals surface area contributed by atoms with E-state index in [2.05, 4.69) is 16.8 Å². The highest BCUT2D eigenvalue weighted by Crippen LogP contribution is 2.23. The first kappa shape index (κ1) is 18.5. The number of aliphatic imine (C=N–C) groups is 1. The van der Waals surface area contributed by atoms with Crippen molar-refractivity contribution in [2.24, 2.45) is 10.9 Å². The Balaban J connectivity index is 1.72. The van der Waals surface area contributed by atoms with Crippen LogP contribution in [0, 0.1) is 5.92 Å². The third kappa shape index (κ3) is 3.77. The number of likely N-dealkylation sites (N-methyl/N-ethyl adjacent to an activating group) is 1. The SMILES string of the molecule is CCCCCN1C(=O)N=C2C=C(C(=O)N3CCN(C)CC3)C=CC2C1=O. The van der Waals surface area contributed by atoms with Crippen LogP contribution in [0.5, 0.6) is 0 Å². The standard InChI is InChI=1S/C19H26N4O3/c1-3-4-5-8-23-18(25)15-7-6-14(13-16(15)20-19(23)26)17(24)22-11-9-21(2)10-12-22/h6-7,13,15H,3-5,8-12H2,1-2H3. The van der Waals surface area contributed by atoms with Gasteiger partial charge in [-0.2, -0.15) is 4.99 Å². The number of carbonyl (C=O) groups excluding carboxylic acids is 3. The van der Waals surface area contributed by atoms with Crippen LogP contribution in [0.15, 0.2) is 28.8 Å². The minimum absolute atomic E-state index is 0.0687. The molecule has 0 aromatic rings. The fourth-order valence-electron chi connectivity index (χ4n) is 3.39. The van der Waals surface area contributed by atoms with E-state index in [-0.39, 0.29) is 11.8 Å². The van der Waals surface area contributed by atoms with Crippen LogP contribution in [-0.2, 0) is 9.59 Å². The number of hydrogen-bond acceptors (Lipinski definition) is 4. The summed E-state index contributed by atoms with van der Waals surface area (Å²) >= 11 is 0. The van der Waals surface area contributed by atoms with Crippen LogP contribution >= 0.6 is 0 Å². The number of fused-ring (bicyclic) bond motifs is 1. The number of carbonyl (C=O) groups is 3. The van der Waals surface area contributed by atoms with Crippen molar-refractivity contribution in [2.75, 3.05) is 39.8 Å². The molecule has 0 bridgehead atoms. The maximum atomic E-state index is 12.7. The largest absolute Gasteiger partial charge is 0.350 e. The molecule has 0 saturated carbocycles. The van der Waals surface area contributed by atoms with Gasteiger partial charge in [-0.25, -0.2) is 4.79 Å². The second kappa shape index (κ2) is 7.95. The minimum atomic E-state index is -0.557. The lowest BCUT2D eigenvalue weighted by molar-refractivity contribution is -0.130. The maximum absolute atomic E-state index is 12.7. The smallest absolute Gasteiger partial charge is 0.336 e. The average Bonchev–Trinajstić information content (AvgIpc) is 2.64. The highest BCUT2D eigenvalue weighted by Gasteiger charge is 2.37. The normalized spacial score (nSPS) is 23.7. The number of hydrogen-bond donors (Lipinski definition) is 0. The Morgan fingerprint density at radius 2 is 1.92 bits per heavy atom. The van der Waals surface area contributed by atoms with Crippen molar-refractivity contribution in [1.29, 1.82) is 0 Å². The Morgan fingerprint density at radius 1 is 1.19 bits per heavy atom. The van der Waals surface area contributed by atoms with Gasteiger partial charge >= 0.3 is 6.03 Å². The summed E-state index contributed by atoms with van der Waals surface area (Å²) in [6, 6.07) is -0.518. The summed E-state index contributed by atoms with van der Waals surface area (Å²) < 4.78 is 0. The molecule has 1 fully saturated rings. The molecule has 3 aliphatic rings. The molecule has 0 N–H and O–H groups in total. The molecule has 1 saturated heterocycles. The topological polar surface area (TPSA) is 73.3 Å². The molecular weight excluding hydrogens is 332 g/mol. The van der Waals surface area contributed by atoms with Crippen molar-refractivity contribution in [3.8, 4) is 0 Å². The van der Waals surface area contributed by atoms with Gasteiger partial charge in [0.15, 0.2) is 0 Å². The number of imide groups is 1. The molecule has 0 aromatic heterocycles. The molecule has 7 heteroatoms. The van der Waals surface area contributed by atoms with Gasteiger partial charge in [-0.1, -0.05) is 31.9 Å². The van der Waals surface area contributed by atoms with Crippen molar-refractivity contribution >= 4 is 23.6 Å². The number of amides is 4. The molecule has 4 amide bonds. The van der Waals surface area contributed by atoms with E-state index in [1.807, 2.05) is 7.05 Å². The van der Waals surface area contributed by atoms with Gasteiger partial charge in [0.2, 0.25) is 5.91 Å². The zero-order valence-corrected chi connectivity index (χ0v) is 15.5. The van der Waals surface area contributed by atoms with E-state index in [1.165, 1.54) is 4.90 Å². The van der Waals surface area contributed by atoms with E-state index in [9.17, 15) is 14.4 Å². The molecule has 140 valence electrons. The monoisotopic (exact) mass is 358 g/mol. The molecule has 0 aromatic carbocycles. The third-order valence-electron chi connectivity index (χ3n) is 5.10. The predicted molar refractivity (Wildman–Crippen MR) is 98.9 cm³/mol. The van der Waals surface area contributed by atoms with Crippen LogP contribution in [0.2, 0.25) is 0 Å². The van der Waals surface area contributed by atoms with Gasteiger partial charge in [-0.3, -0.25) is 14.5 Å². The first-order valence-corrected chi connectivity index (χ1v) is 9.33. The lowest BCUT2D eigenvalue weighted by Crippen LogP contribution is -2.48. The molecule has 1 atom stereocenters. The molecule has 0 spiro atoms. The fourth-order valence-corrected chi connectivity index (χ4v) is 3.39. The molecular formula is C19H26N4O3. The number of piperazine rings is 1. The predicted octanol–water partition coefficient (Wildman–Crippen LogP) is 1.47. The summed E-state index contributed by atoms with van der Waals surface area (Å²) in [5.41, 5.74) is 0.872. The van der Waals surface area contributed by atoms with Gasteiger partial charge in [-0.05, 0) is 19.5 Å². The van der Waals surface area contributed by atoms with Crippen LogP contribution in [0.25, 0.3) is 0 Å². The molecule has 1 unspecified atom stereocenters. The lowest BCUT2D eigenvalue weighted by atomic mass is 9.91. The molecule has 1 aliphatic carbocycles. The van der Waals surface area contributed by atoms with E-state index < -0.39 is 11.9 Å². The van der Waals surface area contributed by atoms with E-state index >= 15 is 0 Å². The molecule has 2 aliphatic heterocycles. The van der Waals surface area contributed by atoms with Gasteiger partial charge in [-0.15, -0.1) is 0 Å². The Morgan fingerprint density at radius 3 is 2.62 bits per heavy atom. The van der Waals surface area contributed by atoms with Crippen molar-refractivity contribution in [2.45, 2.75) is 26.2 Å². The number of nitrogens with zero attached hydrogens (tertiary/aromatic N) is 4. The number of rotatable bonds is 5. The summed E-state index contributed by atoms with van der Waals surface area (Å²) in [6.07, 6.45) is 7.78. The van der Waals surface area contributed by atoms with E-state index in [1.54, 1.807) is 23.1 Å². The molecule has 7 nitrogen and oxygen atoms in total. The Labute approximate surface area is 154 Å². The second-order valence-corrected chi connectivity index (χ2v) is 7.05. The molecule has 2 heterocycles. The highest BCUT2D eigenvalue weighted by atomic mass is 16.2. The summed E-state index contributed by atoms with van der Waals surface area (Å²) in [5.74, 6) is -0.867. The third-order valence-corrected chi connectivity index (χ3v) is 5.10. The highest BCUT2D eigenvalue weighted by molar-refractivity contribution is 6.23. The van der Waals surface area contributed by atoms with E-state index in [4.69, 9.17) is 0 Å². The lowest BCUT2D eigenvalue weighted by Gasteiger charge is -2.33. The Hall–Kier alpha value is -2.28. The first-order valence-electron chi connectivity index (χ1n) is 9.33. The Bertz CT molecular complexity index is 687. The van der Waals surface area contributed by atoms with E-state index in [0.29, 0.717) is 30.9 Å². The van der Waals surface area contributed by atoms with Crippen LogP contribution in [0.1, 0.15) is 26.2 Å². The fraction of sp³-hybridized carbons (Fsp3) is 0.579. The van der Waals surface area contributed by atoms with Gasteiger partial charge < -0.3 is 9.80 Å². The van der Waals surface area contributed by atoms with Crippen molar-refractivity contribution < 1.29 is 14.4 Å². The van der Waals surface area contributed by atoms with Crippen LogP contribution < -0.4 is 0 Å². The van der Waals surface area contributed by atoms with Crippen molar-refractivity contribution in [3.63, 3.8) is 0 Å². The number of unbranched alkanes of at least 4 members (excludes halogenated alkanes) is 2. The van der Waals surface area contributed by atoms with Gasteiger partial charge in [0, 0.05) is 38.3 Å². The Kier molecular flexibility index (Phi) is 5.66. The van der Waals surface area contributed by atoms with Crippen LogP contribution in [0.4, 0.5) is 4.79 Å². The summed E-state index contributed by atoms with van der Waals surface area (Å²) in [5, 5.41) is 0. The maximum Gasteiger partial charge on any atom is 0.350 e. The average molecular weight is 358 g/mol. The van der Waals surface area contributed by atoms with Gasteiger partial charge in [0.05, 0.1) is 11.6 Å². The zero-order chi connectivity index (χ0) is 18.7. The van der Waals surface area contributed by atoms with E-state index in [0.717, 1.165) is 32.4 Å². The van der Waals surface area contributed by atoms with Crippen LogP contribution in [0.3, 0.4) is 0 Å². The van der Waals surface area contributed by atoms with Gasteiger partial charge in [0.25, 0.3) is 5.91 Å². The van der Waals surface area contributed by atoms with Gasteiger partial charge in [0.1, 0.15) is 0 Å². The second-order valence-electron chi connectivity index (χ2n) is 7.05. The molecule has 3 rings (SSSR count). The molecule has 0 radical (unpaired) electrons. The first-order chi connectivity index (χ1) is 12.5. The minimum Gasteiger partial charge on any atom is -0.336 e. The zero-order valence-electron chi connectivity index (χ0n) is 15.5. The van der Waals surface area contributed by atoms with Crippen molar-refractivity contribution in [3.05, 3.63) is 23.8 Å². The van der Waals surface area contributed by atoms with Crippen LogP contribution in [-0.4, -0.2) is 78.0 Å². The summed E-state index contributed by atoms with van der Waals surface area (Å²) in [7, 11) is 2.03. The number of urea groups is 1. The summed E-state index contributed by atoms with van der Waals surface area (Å²) in [6.45, 7) is 5.53.